The van der Waals surface area contributed by atoms with Gasteiger partial charge in [-0.25, -0.2) is 12.8 Å². The van der Waals surface area contributed by atoms with Crippen molar-refractivity contribution < 1.29 is 12.8 Å². The van der Waals surface area contributed by atoms with E-state index in [1.165, 1.54) is 6.26 Å². The van der Waals surface area contributed by atoms with Crippen LogP contribution in [0.25, 0.3) is 0 Å². The van der Waals surface area contributed by atoms with Gasteiger partial charge in [0.25, 0.3) is 0 Å². The van der Waals surface area contributed by atoms with E-state index in [0.29, 0.717) is 29.4 Å². The van der Waals surface area contributed by atoms with Crippen LogP contribution in [-0.2, 0) is 9.84 Å². The zero-order valence-electron chi connectivity index (χ0n) is 11.1. The molecule has 0 bridgehead atoms. The predicted octanol–water partition coefficient (Wildman–Crippen LogP) is 3.06. The second-order valence-corrected chi connectivity index (χ2v) is 7.64. The summed E-state index contributed by atoms with van der Waals surface area (Å²) < 4.78 is 36.7. The first-order valence-electron chi connectivity index (χ1n) is 6.20. The van der Waals surface area contributed by atoms with Gasteiger partial charge in [-0.2, -0.15) is 0 Å². The lowest BCUT2D eigenvalue weighted by Gasteiger charge is -2.19. The Labute approximate surface area is 122 Å². The molecule has 1 rings (SSSR count). The van der Waals surface area contributed by atoms with Gasteiger partial charge in [-0.05, 0) is 41.4 Å². The highest BCUT2D eigenvalue weighted by molar-refractivity contribution is 9.10. The smallest absolute Gasteiger partial charge is 0.147 e. The van der Waals surface area contributed by atoms with Crippen molar-refractivity contribution in [2.24, 2.45) is 0 Å². The van der Waals surface area contributed by atoms with Gasteiger partial charge in [0.15, 0.2) is 0 Å². The Hall–Kier alpha value is -0.460. The Morgan fingerprint density at radius 2 is 2.11 bits per heavy atom. The number of rotatable bonds is 7. The van der Waals surface area contributed by atoms with Gasteiger partial charge in [-0.1, -0.05) is 19.1 Å². The molecule has 0 radical (unpaired) electrons. The van der Waals surface area contributed by atoms with Crippen molar-refractivity contribution in [2.45, 2.75) is 25.8 Å². The number of nitrogens with one attached hydrogen (secondary N) is 1. The number of hydrogen-bond acceptors (Lipinski definition) is 3. The quantitative estimate of drug-likeness (QED) is 0.820. The number of halogens is 2. The van der Waals surface area contributed by atoms with Crippen molar-refractivity contribution in [3.8, 4) is 0 Å². The lowest BCUT2D eigenvalue weighted by molar-refractivity contribution is 0.478. The van der Waals surface area contributed by atoms with Crippen LogP contribution >= 0.6 is 15.9 Å². The molecule has 1 unspecified atom stereocenters. The molecule has 0 heterocycles. The van der Waals surface area contributed by atoms with Crippen molar-refractivity contribution in [1.29, 1.82) is 0 Å². The fourth-order valence-electron chi connectivity index (χ4n) is 1.95. The Balaban J connectivity index is 2.79. The minimum Gasteiger partial charge on any atom is -0.310 e. The molecule has 0 spiro atoms. The minimum atomic E-state index is -2.97. The highest BCUT2D eigenvalue weighted by atomic mass is 79.9. The van der Waals surface area contributed by atoms with Crippen LogP contribution in [0.1, 0.15) is 31.4 Å². The van der Waals surface area contributed by atoms with Crippen molar-refractivity contribution >= 4 is 25.8 Å². The Morgan fingerprint density at radius 3 is 2.68 bits per heavy atom. The maximum Gasteiger partial charge on any atom is 0.147 e. The van der Waals surface area contributed by atoms with Crippen LogP contribution in [0.5, 0.6) is 0 Å². The van der Waals surface area contributed by atoms with Gasteiger partial charge in [-0.15, -0.1) is 0 Å². The van der Waals surface area contributed by atoms with E-state index in [0.717, 1.165) is 0 Å². The van der Waals surface area contributed by atoms with Gasteiger partial charge >= 0.3 is 0 Å². The third kappa shape index (κ3) is 5.58. The first-order valence-corrected chi connectivity index (χ1v) is 9.05. The molecule has 0 aromatic heterocycles. The zero-order valence-corrected chi connectivity index (χ0v) is 13.5. The molecule has 0 aliphatic rings. The lowest BCUT2D eigenvalue weighted by Crippen LogP contribution is -2.22. The lowest BCUT2D eigenvalue weighted by atomic mass is 10.0. The summed E-state index contributed by atoms with van der Waals surface area (Å²) >= 11 is 3.17. The van der Waals surface area contributed by atoms with Crippen molar-refractivity contribution in [3.63, 3.8) is 0 Å². The minimum absolute atomic E-state index is 0.129. The molecule has 0 saturated carbocycles. The second kappa shape index (κ2) is 7.36. The number of hydrogen-bond donors (Lipinski definition) is 1. The first kappa shape index (κ1) is 16.6. The first-order chi connectivity index (χ1) is 8.85. The highest BCUT2D eigenvalue weighted by Gasteiger charge is 2.17. The maximum absolute atomic E-state index is 14.0. The molecule has 1 N–H and O–H groups in total. The number of sulfone groups is 1. The fraction of sp³-hybridized carbons (Fsp3) is 0.538. The summed E-state index contributed by atoms with van der Waals surface area (Å²) in [6.07, 6.45) is 2.33. The normalized spacial score (nSPS) is 13.5. The summed E-state index contributed by atoms with van der Waals surface area (Å²) in [4.78, 5) is 0. The van der Waals surface area contributed by atoms with E-state index in [4.69, 9.17) is 0 Å². The monoisotopic (exact) mass is 351 g/mol. The molecule has 1 aromatic carbocycles. The predicted molar refractivity (Wildman–Crippen MR) is 79.5 cm³/mol. The van der Waals surface area contributed by atoms with Gasteiger partial charge in [0.2, 0.25) is 0 Å². The van der Waals surface area contributed by atoms with Gasteiger partial charge in [-0.3, -0.25) is 0 Å². The van der Waals surface area contributed by atoms with Crippen molar-refractivity contribution in [3.05, 3.63) is 34.1 Å². The second-order valence-electron chi connectivity index (χ2n) is 4.53. The topological polar surface area (TPSA) is 46.2 Å². The van der Waals surface area contributed by atoms with Gasteiger partial charge in [0.1, 0.15) is 15.7 Å². The number of benzene rings is 1. The highest BCUT2D eigenvalue weighted by Crippen LogP contribution is 2.26. The standard InChI is InChI=1S/C13H19BrFNO2S/c1-3-16-12(8-5-9-19(2,17)18)10-6-4-7-11(14)13(10)15/h4,6-7,12,16H,3,5,8-9H2,1-2H3. The average Bonchev–Trinajstić information content (AvgIpc) is 2.30. The molecular weight excluding hydrogens is 333 g/mol. The zero-order chi connectivity index (χ0) is 14.5. The van der Waals surface area contributed by atoms with Crippen LogP contribution < -0.4 is 5.32 Å². The Bertz CT molecular complexity index is 519. The van der Waals surface area contributed by atoms with Crippen LogP contribution in [0.4, 0.5) is 4.39 Å². The summed E-state index contributed by atoms with van der Waals surface area (Å²) in [6.45, 7) is 2.65. The largest absolute Gasteiger partial charge is 0.310 e. The van der Waals surface area contributed by atoms with Gasteiger partial charge in [0.05, 0.1) is 4.47 Å². The average molecular weight is 352 g/mol. The van der Waals surface area contributed by atoms with Gasteiger partial charge < -0.3 is 5.32 Å². The molecule has 1 atom stereocenters. The summed E-state index contributed by atoms with van der Waals surface area (Å²) in [6, 6.07) is 5.00. The molecule has 1 aromatic rings. The third-order valence-electron chi connectivity index (χ3n) is 2.82. The van der Waals surface area contributed by atoms with Crippen LogP contribution in [-0.4, -0.2) is 27.0 Å². The maximum atomic E-state index is 14.0. The molecule has 0 aliphatic carbocycles. The third-order valence-corrected chi connectivity index (χ3v) is 4.46. The Kier molecular flexibility index (Phi) is 6.42. The van der Waals surface area contributed by atoms with E-state index < -0.39 is 9.84 Å². The van der Waals surface area contributed by atoms with E-state index >= 15 is 0 Å². The van der Waals surface area contributed by atoms with Crippen molar-refractivity contribution in [1.82, 2.24) is 5.32 Å². The molecule has 3 nitrogen and oxygen atoms in total. The van der Waals surface area contributed by atoms with E-state index in [2.05, 4.69) is 21.2 Å². The molecule has 0 amide bonds. The molecule has 19 heavy (non-hydrogen) atoms. The fourth-order valence-corrected chi connectivity index (χ4v) is 3.03. The van der Waals surface area contributed by atoms with Gasteiger partial charge in [0, 0.05) is 23.6 Å². The SMILES string of the molecule is CCNC(CCCS(C)(=O)=O)c1cccc(Br)c1F. The van der Waals surface area contributed by atoms with E-state index in [-0.39, 0.29) is 17.6 Å². The molecule has 0 aliphatic heterocycles. The summed E-state index contributed by atoms with van der Waals surface area (Å²) in [5, 5.41) is 3.20. The van der Waals surface area contributed by atoms with Crippen LogP contribution in [0.3, 0.4) is 0 Å². The summed E-state index contributed by atoms with van der Waals surface area (Å²) in [7, 11) is -2.97. The van der Waals surface area contributed by atoms with Crippen molar-refractivity contribution in [2.75, 3.05) is 18.6 Å². The van der Waals surface area contributed by atoms with E-state index in [1.54, 1.807) is 18.2 Å². The summed E-state index contributed by atoms with van der Waals surface area (Å²) in [5.41, 5.74) is 0.574. The van der Waals surface area contributed by atoms with Crippen LogP contribution in [0.15, 0.2) is 22.7 Å². The Morgan fingerprint density at radius 1 is 1.42 bits per heavy atom. The summed E-state index contributed by atoms with van der Waals surface area (Å²) in [5.74, 6) is -0.155. The molecule has 0 saturated heterocycles. The van der Waals surface area contributed by atoms with E-state index in [1.807, 2.05) is 6.92 Å². The van der Waals surface area contributed by atoms with Crippen LogP contribution in [0.2, 0.25) is 0 Å². The molecular formula is C13H19BrFNO2S. The molecule has 108 valence electrons. The molecule has 0 fully saturated rings. The van der Waals surface area contributed by atoms with E-state index in [9.17, 15) is 12.8 Å². The van der Waals surface area contributed by atoms with Crippen LogP contribution in [0, 0.1) is 5.82 Å². The molecule has 6 heteroatoms.